The molecule has 3 aromatic rings. The maximum absolute atomic E-state index is 15.1. The molecule has 1 aromatic heterocycles. The van der Waals surface area contributed by atoms with Crippen LogP contribution in [-0.4, -0.2) is 53.6 Å². The highest BCUT2D eigenvalue weighted by molar-refractivity contribution is 5.96. The zero-order chi connectivity index (χ0) is 25.4. The Hall–Kier alpha value is -4.18. The lowest BCUT2D eigenvalue weighted by Gasteiger charge is -2.45. The number of carbonyl (C=O) groups is 1. The maximum atomic E-state index is 15.1. The van der Waals surface area contributed by atoms with E-state index in [4.69, 9.17) is 9.47 Å². The van der Waals surface area contributed by atoms with Gasteiger partial charge in [-0.15, -0.1) is 0 Å². The molecule has 0 saturated carbocycles. The van der Waals surface area contributed by atoms with Crippen molar-refractivity contribution in [2.24, 2.45) is 0 Å². The number of hydrogen-bond donors (Lipinski definition) is 1. The number of hydrogen-bond acceptors (Lipinski definition) is 6. The number of fused-ring (bicyclic) bond motifs is 5. The summed E-state index contributed by atoms with van der Waals surface area (Å²) in [5, 5.41) is 12.4. The third-order valence-electron chi connectivity index (χ3n) is 6.30. The topological polar surface area (TPSA) is 84.2 Å². The second-order valence-corrected chi connectivity index (χ2v) is 8.43. The highest BCUT2D eigenvalue weighted by Crippen LogP contribution is 2.39. The summed E-state index contributed by atoms with van der Waals surface area (Å²) in [6.07, 6.45) is 4.63. The fourth-order valence-corrected chi connectivity index (χ4v) is 4.64. The maximum Gasteiger partial charge on any atom is 0.278 e. The van der Waals surface area contributed by atoms with Gasteiger partial charge in [-0.3, -0.25) is 19.3 Å². The predicted octanol–water partition coefficient (Wildman–Crippen LogP) is 2.94. The molecule has 0 aliphatic carbocycles. The van der Waals surface area contributed by atoms with Gasteiger partial charge in [-0.05, 0) is 23.8 Å². The molecule has 5 rings (SSSR count). The summed E-state index contributed by atoms with van der Waals surface area (Å²) in [5.41, 5.74) is 0.0283. The van der Waals surface area contributed by atoms with Crippen molar-refractivity contribution in [2.75, 3.05) is 32.0 Å². The number of rotatable bonds is 3. The summed E-state index contributed by atoms with van der Waals surface area (Å²) >= 11 is 0. The van der Waals surface area contributed by atoms with E-state index in [0.29, 0.717) is 11.1 Å². The van der Waals surface area contributed by atoms with Crippen LogP contribution < -0.4 is 15.2 Å². The molecule has 1 amide bonds. The number of benzene rings is 2. The minimum Gasteiger partial charge on any atom is -0.502 e. The molecule has 2 aliphatic rings. The van der Waals surface area contributed by atoms with E-state index in [1.165, 1.54) is 28.9 Å². The summed E-state index contributed by atoms with van der Waals surface area (Å²) in [6, 6.07) is 11.2. The molecule has 186 valence electrons. The molecule has 0 radical (unpaired) electrons. The number of halogens is 2. The largest absolute Gasteiger partial charge is 0.502 e. The Morgan fingerprint density at radius 1 is 1.11 bits per heavy atom. The molecule has 3 heterocycles. The molecule has 36 heavy (non-hydrogen) atoms. The van der Waals surface area contributed by atoms with Gasteiger partial charge in [-0.25, -0.2) is 4.39 Å². The molecule has 2 atom stereocenters. The first kappa shape index (κ1) is 23.6. The van der Waals surface area contributed by atoms with Crippen LogP contribution in [0.15, 0.2) is 71.7 Å². The van der Waals surface area contributed by atoms with Crippen molar-refractivity contribution >= 4 is 5.91 Å². The van der Waals surface area contributed by atoms with E-state index >= 15 is 4.39 Å². The van der Waals surface area contributed by atoms with E-state index in [9.17, 15) is 19.1 Å². The molecule has 0 unspecified atom stereocenters. The lowest BCUT2D eigenvalue weighted by molar-refractivity contribution is 0.0518. The van der Waals surface area contributed by atoms with Gasteiger partial charge in [0, 0.05) is 24.9 Å². The molecule has 8 nitrogen and oxygen atoms in total. The summed E-state index contributed by atoms with van der Waals surface area (Å²) < 4.78 is 41.8. The number of ether oxygens (including phenoxy) is 2. The summed E-state index contributed by atoms with van der Waals surface area (Å²) in [7, 11) is 1.48. The lowest BCUT2D eigenvalue weighted by atomic mass is 9.96. The Balaban J connectivity index is 1.83. The van der Waals surface area contributed by atoms with Crippen molar-refractivity contribution in [3.63, 3.8) is 0 Å². The minimum atomic E-state index is -1.14. The zero-order valence-corrected chi connectivity index (χ0v) is 19.3. The normalized spacial score (nSPS) is 20.1. The van der Waals surface area contributed by atoms with Crippen LogP contribution in [0.1, 0.15) is 27.7 Å². The van der Waals surface area contributed by atoms with Crippen molar-refractivity contribution in [1.29, 1.82) is 0 Å². The van der Waals surface area contributed by atoms with E-state index in [2.05, 4.69) is 0 Å². The lowest BCUT2D eigenvalue weighted by Crippen LogP contribution is -2.58. The molecule has 2 bridgehead atoms. The molecular formula is C26H23F2N3O5. The van der Waals surface area contributed by atoms with Gasteiger partial charge in [-0.1, -0.05) is 36.4 Å². The average molecular weight is 495 g/mol. The number of aromatic nitrogens is 1. The monoisotopic (exact) mass is 495 g/mol. The van der Waals surface area contributed by atoms with Gasteiger partial charge in [0.2, 0.25) is 11.2 Å². The van der Waals surface area contributed by atoms with E-state index < -0.39 is 40.8 Å². The number of amides is 1. The number of methoxy groups -OCH3 is 1. The van der Waals surface area contributed by atoms with Crippen LogP contribution >= 0.6 is 0 Å². The molecular weight excluding hydrogens is 472 g/mol. The van der Waals surface area contributed by atoms with E-state index in [0.717, 1.165) is 12.1 Å². The predicted molar refractivity (Wildman–Crippen MR) is 127 cm³/mol. The van der Waals surface area contributed by atoms with E-state index in [-0.39, 0.29) is 31.3 Å². The summed E-state index contributed by atoms with van der Waals surface area (Å²) in [6.45, 7) is -0.00245. The van der Waals surface area contributed by atoms with Gasteiger partial charge in [0.25, 0.3) is 5.91 Å². The Labute approximate surface area is 205 Å². The van der Waals surface area contributed by atoms with Gasteiger partial charge in [0.15, 0.2) is 23.0 Å². The van der Waals surface area contributed by atoms with Crippen LogP contribution in [-0.2, 0) is 4.74 Å². The van der Waals surface area contributed by atoms with Crippen LogP contribution in [0.25, 0.3) is 0 Å². The van der Waals surface area contributed by atoms with Gasteiger partial charge in [-0.2, -0.15) is 4.39 Å². The van der Waals surface area contributed by atoms with Crippen molar-refractivity contribution in [2.45, 2.75) is 12.1 Å². The van der Waals surface area contributed by atoms with Crippen LogP contribution in [0.3, 0.4) is 0 Å². The van der Waals surface area contributed by atoms with Gasteiger partial charge >= 0.3 is 0 Å². The van der Waals surface area contributed by atoms with Crippen molar-refractivity contribution < 1.29 is 28.2 Å². The zero-order valence-electron chi connectivity index (χ0n) is 19.3. The smallest absolute Gasteiger partial charge is 0.278 e. The first-order valence-electron chi connectivity index (χ1n) is 11.3. The third kappa shape index (κ3) is 3.89. The quantitative estimate of drug-likeness (QED) is 0.563. The minimum absolute atomic E-state index is 0.0233. The molecule has 2 aromatic carbocycles. The van der Waals surface area contributed by atoms with Gasteiger partial charge in [0.05, 0.1) is 12.6 Å². The second-order valence-electron chi connectivity index (χ2n) is 8.43. The Kier molecular flexibility index (Phi) is 6.19. The number of nitrogens with zero attached hydrogens (tertiary/aromatic N) is 3. The molecule has 0 saturated heterocycles. The Morgan fingerprint density at radius 2 is 1.89 bits per heavy atom. The second kappa shape index (κ2) is 9.46. The van der Waals surface area contributed by atoms with Crippen molar-refractivity contribution in [1.82, 2.24) is 9.58 Å². The molecule has 0 spiro atoms. The van der Waals surface area contributed by atoms with Gasteiger partial charge in [0.1, 0.15) is 19.3 Å². The number of pyridine rings is 1. The number of carbonyl (C=O) groups excluding carboxylic acids is 1. The van der Waals surface area contributed by atoms with Crippen LogP contribution in [0.5, 0.6) is 11.5 Å². The summed E-state index contributed by atoms with van der Waals surface area (Å²) in [5.74, 6) is -3.75. The first-order valence-corrected chi connectivity index (χ1v) is 11.3. The van der Waals surface area contributed by atoms with Crippen molar-refractivity contribution in [3.05, 3.63) is 106 Å². The first-order chi connectivity index (χ1) is 17.4. The molecule has 0 fully saturated rings. The highest BCUT2D eigenvalue weighted by atomic mass is 19.2. The van der Waals surface area contributed by atoms with Gasteiger partial charge < -0.3 is 19.5 Å². The molecule has 2 aliphatic heterocycles. The van der Waals surface area contributed by atoms with Crippen LogP contribution in [0, 0.1) is 11.6 Å². The molecule has 10 heteroatoms. The van der Waals surface area contributed by atoms with Crippen LogP contribution in [0.4, 0.5) is 8.78 Å². The number of aromatic hydroxyl groups is 1. The molecule has 1 N–H and O–H groups in total. The van der Waals surface area contributed by atoms with Crippen LogP contribution in [0.2, 0.25) is 0 Å². The van der Waals surface area contributed by atoms with Crippen molar-refractivity contribution in [3.8, 4) is 11.5 Å². The highest BCUT2D eigenvalue weighted by Gasteiger charge is 2.40. The third-order valence-corrected chi connectivity index (χ3v) is 6.30. The summed E-state index contributed by atoms with van der Waals surface area (Å²) in [4.78, 5) is 27.3. The standard InChI is InChI=1S/C26H23F2N3O5/c1-35-14-17-8-5-13-36-25-18(9-10-19(27)21(25)28)22(16-6-3-2-4-7-16)31-15-29(17)26(34)23-24(33)20(32)11-12-30(23)31/h2-12,17,22,33H,13-15H2,1H3/b8-5+/t17-,22-/m1/s1. The SMILES string of the molecule is COC[C@H]1/C=C/COc2c(ccc(F)c2F)[C@@H](c2ccccc2)N2CN1C(=O)c1c(O)c(=O)ccn12. The fraction of sp³-hybridized carbons (Fsp3) is 0.231. The van der Waals surface area contributed by atoms with E-state index in [1.54, 1.807) is 29.3 Å². The Bertz CT molecular complexity index is 1390. The fourth-order valence-electron chi connectivity index (χ4n) is 4.64. The average Bonchev–Trinajstić information content (AvgIpc) is 2.90. The van der Waals surface area contributed by atoms with E-state index in [1.807, 2.05) is 18.2 Å². The Morgan fingerprint density at radius 3 is 2.64 bits per heavy atom.